The predicted octanol–water partition coefficient (Wildman–Crippen LogP) is 2.55. The molecular formula is C10H21N. The summed E-state index contributed by atoms with van der Waals surface area (Å²) in [5, 5.41) is 0. The molecule has 0 amide bonds. The maximum atomic E-state index is 6.02. The summed E-state index contributed by atoms with van der Waals surface area (Å²) >= 11 is 0. The first-order valence-electron chi connectivity index (χ1n) is 4.81. The Balaban J connectivity index is 2.15. The highest BCUT2D eigenvalue weighted by Gasteiger charge is 2.38. The molecular weight excluding hydrogens is 134 g/mol. The zero-order chi connectivity index (χ0) is 8.48. The lowest BCUT2D eigenvalue weighted by Gasteiger charge is -2.17. The number of hydrogen-bond donors (Lipinski definition) is 1. The first kappa shape index (κ1) is 9.05. The van der Waals surface area contributed by atoms with E-state index in [4.69, 9.17) is 5.73 Å². The third kappa shape index (κ3) is 3.24. The van der Waals surface area contributed by atoms with Gasteiger partial charge in [-0.05, 0) is 37.5 Å². The molecule has 0 bridgehead atoms. The average molecular weight is 155 g/mol. The van der Waals surface area contributed by atoms with Gasteiger partial charge in [0.2, 0.25) is 0 Å². The lowest BCUT2D eigenvalue weighted by atomic mass is 9.92. The van der Waals surface area contributed by atoms with E-state index in [-0.39, 0.29) is 5.54 Å². The Kier molecular flexibility index (Phi) is 2.58. The van der Waals surface area contributed by atoms with Gasteiger partial charge in [0.25, 0.3) is 0 Å². The van der Waals surface area contributed by atoms with Gasteiger partial charge < -0.3 is 5.73 Å². The second-order valence-electron chi connectivity index (χ2n) is 4.80. The zero-order valence-electron chi connectivity index (χ0n) is 8.06. The Bertz CT molecular complexity index is 125. The van der Waals surface area contributed by atoms with Crippen molar-refractivity contribution < 1.29 is 0 Å². The summed E-state index contributed by atoms with van der Waals surface area (Å²) in [6, 6.07) is 0. The van der Waals surface area contributed by atoms with E-state index in [1.807, 2.05) is 0 Å². The van der Waals surface area contributed by atoms with Crippen LogP contribution >= 0.6 is 0 Å². The molecule has 0 heterocycles. The van der Waals surface area contributed by atoms with Crippen LogP contribution in [-0.2, 0) is 0 Å². The van der Waals surface area contributed by atoms with Crippen LogP contribution in [0.15, 0.2) is 0 Å². The van der Waals surface area contributed by atoms with Gasteiger partial charge in [-0.15, -0.1) is 0 Å². The monoisotopic (exact) mass is 155 g/mol. The van der Waals surface area contributed by atoms with Crippen LogP contribution in [-0.4, -0.2) is 5.54 Å². The molecule has 1 aliphatic carbocycles. The van der Waals surface area contributed by atoms with Crippen LogP contribution in [0.2, 0.25) is 0 Å². The molecule has 1 unspecified atom stereocenters. The van der Waals surface area contributed by atoms with Crippen molar-refractivity contribution in [1.29, 1.82) is 0 Å². The first-order chi connectivity index (χ1) is 5.02. The highest BCUT2D eigenvalue weighted by Crippen LogP contribution is 2.39. The van der Waals surface area contributed by atoms with E-state index in [9.17, 15) is 0 Å². The quantitative estimate of drug-likeness (QED) is 0.663. The van der Waals surface area contributed by atoms with Gasteiger partial charge >= 0.3 is 0 Å². The first-order valence-corrected chi connectivity index (χ1v) is 4.81. The van der Waals surface area contributed by atoms with Crippen molar-refractivity contribution in [2.45, 2.75) is 52.0 Å². The molecule has 0 spiro atoms. The molecule has 1 saturated carbocycles. The molecule has 1 heteroatoms. The highest BCUT2D eigenvalue weighted by molar-refractivity contribution is 4.99. The molecule has 1 nitrogen and oxygen atoms in total. The van der Waals surface area contributed by atoms with Gasteiger partial charge in [0.15, 0.2) is 0 Å². The second kappa shape index (κ2) is 3.14. The molecule has 1 rings (SSSR count). The van der Waals surface area contributed by atoms with Gasteiger partial charge in [0.1, 0.15) is 0 Å². The predicted molar refractivity (Wildman–Crippen MR) is 49.4 cm³/mol. The van der Waals surface area contributed by atoms with Gasteiger partial charge in [0, 0.05) is 5.54 Å². The minimum absolute atomic E-state index is 0.258. The Morgan fingerprint density at radius 1 is 1.27 bits per heavy atom. The number of rotatable bonds is 4. The van der Waals surface area contributed by atoms with Crippen molar-refractivity contribution in [3.63, 3.8) is 0 Å². The number of hydrogen-bond acceptors (Lipinski definition) is 1. The molecule has 66 valence electrons. The Hall–Kier alpha value is -0.0400. The topological polar surface area (TPSA) is 26.0 Å². The molecule has 1 fully saturated rings. The Morgan fingerprint density at radius 3 is 2.18 bits per heavy atom. The molecule has 0 saturated heterocycles. The van der Waals surface area contributed by atoms with Gasteiger partial charge in [-0.25, -0.2) is 0 Å². The summed E-state index contributed by atoms with van der Waals surface area (Å²) < 4.78 is 0. The summed E-state index contributed by atoms with van der Waals surface area (Å²) in [5.41, 5.74) is 6.28. The standard InChI is InChI=1S/C10H21N/c1-8(2)6-9(3)7-10(11)4-5-10/h8-9H,4-7,11H2,1-3H3. The van der Waals surface area contributed by atoms with E-state index in [1.54, 1.807) is 0 Å². The SMILES string of the molecule is CC(C)CC(C)CC1(N)CC1. The van der Waals surface area contributed by atoms with Crippen LogP contribution in [0.25, 0.3) is 0 Å². The van der Waals surface area contributed by atoms with E-state index < -0.39 is 0 Å². The van der Waals surface area contributed by atoms with Crippen LogP contribution in [0.3, 0.4) is 0 Å². The highest BCUT2D eigenvalue weighted by atomic mass is 14.8. The molecule has 1 aliphatic rings. The van der Waals surface area contributed by atoms with Crippen molar-refractivity contribution in [3.8, 4) is 0 Å². The fraction of sp³-hybridized carbons (Fsp3) is 1.00. The third-order valence-electron chi connectivity index (χ3n) is 2.52. The lowest BCUT2D eigenvalue weighted by molar-refractivity contribution is 0.376. The van der Waals surface area contributed by atoms with Gasteiger partial charge in [-0.3, -0.25) is 0 Å². The molecule has 11 heavy (non-hydrogen) atoms. The van der Waals surface area contributed by atoms with Gasteiger partial charge in [0.05, 0.1) is 0 Å². The summed E-state index contributed by atoms with van der Waals surface area (Å²) in [6.45, 7) is 6.89. The van der Waals surface area contributed by atoms with E-state index in [0.717, 1.165) is 11.8 Å². The maximum Gasteiger partial charge on any atom is 0.0158 e. The molecule has 1 atom stereocenters. The molecule has 0 aromatic heterocycles. The lowest BCUT2D eigenvalue weighted by Crippen LogP contribution is -2.24. The minimum atomic E-state index is 0.258. The minimum Gasteiger partial charge on any atom is -0.325 e. The average Bonchev–Trinajstić information content (AvgIpc) is 2.44. The molecule has 0 aliphatic heterocycles. The zero-order valence-corrected chi connectivity index (χ0v) is 8.06. The largest absolute Gasteiger partial charge is 0.325 e. The van der Waals surface area contributed by atoms with E-state index >= 15 is 0 Å². The fourth-order valence-corrected chi connectivity index (χ4v) is 1.95. The van der Waals surface area contributed by atoms with Crippen molar-refractivity contribution in [3.05, 3.63) is 0 Å². The molecule has 0 radical (unpaired) electrons. The number of nitrogens with two attached hydrogens (primary N) is 1. The van der Waals surface area contributed by atoms with Crippen LogP contribution < -0.4 is 5.73 Å². The van der Waals surface area contributed by atoms with Crippen LogP contribution in [0.1, 0.15) is 46.5 Å². The van der Waals surface area contributed by atoms with Crippen molar-refractivity contribution in [2.75, 3.05) is 0 Å². The summed E-state index contributed by atoms with van der Waals surface area (Å²) in [5.74, 6) is 1.65. The van der Waals surface area contributed by atoms with Crippen LogP contribution in [0.5, 0.6) is 0 Å². The van der Waals surface area contributed by atoms with Crippen LogP contribution in [0.4, 0.5) is 0 Å². The summed E-state index contributed by atoms with van der Waals surface area (Å²) in [6.07, 6.45) is 5.09. The molecule has 2 N–H and O–H groups in total. The summed E-state index contributed by atoms with van der Waals surface area (Å²) in [4.78, 5) is 0. The van der Waals surface area contributed by atoms with E-state index in [0.29, 0.717) is 0 Å². The second-order valence-corrected chi connectivity index (χ2v) is 4.80. The van der Waals surface area contributed by atoms with Crippen molar-refractivity contribution >= 4 is 0 Å². The molecule has 0 aromatic carbocycles. The molecule has 0 aromatic rings. The Labute approximate surface area is 70.4 Å². The smallest absolute Gasteiger partial charge is 0.0158 e. The summed E-state index contributed by atoms with van der Waals surface area (Å²) in [7, 11) is 0. The van der Waals surface area contributed by atoms with Crippen molar-refractivity contribution in [1.82, 2.24) is 0 Å². The maximum absolute atomic E-state index is 6.02. The third-order valence-corrected chi connectivity index (χ3v) is 2.52. The van der Waals surface area contributed by atoms with Gasteiger partial charge in [-0.2, -0.15) is 0 Å². The fourth-order valence-electron chi connectivity index (χ4n) is 1.95. The normalized spacial score (nSPS) is 23.7. The Morgan fingerprint density at radius 2 is 1.82 bits per heavy atom. The van der Waals surface area contributed by atoms with E-state index in [2.05, 4.69) is 20.8 Å². The van der Waals surface area contributed by atoms with E-state index in [1.165, 1.54) is 25.7 Å². The van der Waals surface area contributed by atoms with Crippen molar-refractivity contribution in [2.24, 2.45) is 17.6 Å². The van der Waals surface area contributed by atoms with Crippen LogP contribution in [0, 0.1) is 11.8 Å². The van der Waals surface area contributed by atoms with Gasteiger partial charge in [-0.1, -0.05) is 20.8 Å².